The topological polar surface area (TPSA) is 73.6 Å². The number of hydrogen-bond acceptors (Lipinski definition) is 5. The highest BCUT2D eigenvalue weighted by molar-refractivity contribution is 5.87. The van der Waals surface area contributed by atoms with Crippen LogP contribution in [0.25, 0.3) is 6.08 Å². The SMILES string of the molecule is COC(=O)/C=C/c1cc(F)c(C2c3cc(C=N)c(O)cc3CC(C)N2CC(C)(C)F)c(F)c1. The van der Waals surface area contributed by atoms with Crippen LogP contribution in [0.3, 0.4) is 0 Å². The molecule has 1 heterocycles. The highest BCUT2D eigenvalue weighted by Crippen LogP contribution is 2.43. The monoisotopic (exact) mass is 460 g/mol. The first kappa shape index (κ1) is 24.5. The molecule has 1 aliphatic rings. The third kappa shape index (κ3) is 5.27. The molecule has 0 bridgehead atoms. The van der Waals surface area contributed by atoms with Gasteiger partial charge in [-0.2, -0.15) is 0 Å². The number of esters is 1. The first-order valence-electron chi connectivity index (χ1n) is 10.5. The Morgan fingerprint density at radius 1 is 1.27 bits per heavy atom. The van der Waals surface area contributed by atoms with E-state index in [1.54, 1.807) is 4.90 Å². The average molecular weight is 460 g/mol. The molecule has 5 nitrogen and oxygen atoms in total. The molecular weight excluding hydrogens is 433 g/mol. The number of aromatic hydroxyl groups is 1. The van der Waals surface area contributed by atoms with Gasteiger partial charge in [-0.05, 0) is 74.2 Å². The van der Waals surface area contributed by atoms with E-state index in [2.05, 4.69) is 4.74 Å². The second-order valence-corrected chi connectivity index (χ2v) is 8.86. The zero-order valence-corrected chi connectivity index (χ0v) is 19.0. The minimum atomic E-state index is -1.64. The molecule has 2 N–H and O–H groups in total. The van der Waals surface area contributed by atoms with E-state index in [1.165, 1.54) is 39.2 Å². The minimum Gasteiger partial charge on any atom is -0.507 e. The van der Waals surface area contributed by atoms with Crippen molar-refractivity contribution in [3.05, 3.63) is 69.8 Å². The van der Waals surface area contributed by atoms with E-state index >= 15 is 8.78 Å². The summed E-state index contributed by atoms with van der Waals surface area (Å²) in [5, 5.41) is 17.8. The van der Waals surface area contributed by atoms with Crippen molar-refractivity contribution in [2.24, 2.45) is 0 Å². The minimum absolute atomic E-state index is 0.0814. The van der Waals surface area contributed by atoms with Gasteiger partial charge in [0.1, 0.15) is 23.1 Å². The lowest BCUT2D eigenvalue weighted by Crippen LogP contribution is -2.48. The smallest absolute Gasteiger partial charge is 0.330 e. The van der Waals surface area contributed by atoms with Crippen LogP contribution in [0.2, 0.25) is 0 Å². The normalized spacial score (nSPS) is 18.9. The molecule has 0 fully saturated rings. The van der Waals surface area contributed by atoms with Crippen LogP contribution in [0.5, 0.6) is 5.75 Å². The van der Waals surface area contributed by atoms with Crippen molar-refractivity contribution >= 4 is 18.3 Å². The lowest BCUT2D eigenvalue weighted by molar-refractivity contribution is -0.134. The summed E-state index contributed by atoms with van der Waals surface area (Å²) in [6.07, 6.45) is 3.70. The average Bonchev–Trinajstić information content (AvgIpc) is 2.72. The van der Waals surface area contributed by atoms with E-state index < -0.39 is 29.3 Å². The van der Waals surface area contributed by atoms with Gasteiger partial charge in [-0.1, -0.05) is 0 Å². The number of fused-ring (bicyclic) bond motifs is 1. The quantitative estimate of drug-likeness (QED) is 0.364. The van der Waals surface area contributed by atoms with E-state index in [0.717, 1.165) is 24.4 Å². The number of nitrogens with zero attached hydrogens (tertiary/aromatic N) is 1. The van der Waals surface area contributed by atoms with Crippen LogP contribution < -0.4 is 0 Å². The van der Waals surface area contributed by atoms with Crippen molar-refractivity contribution in [3.8, 4) is 5.75 Å². The van der Waals surface area contributed by atoms with Crippen LogP contribution >= 0.6 is 0 Å². The molecule has 2 aromatic carbocycles. The van der Waals surface area contributed by atoms with Gasteiger partial charge in [-0.15, -0.1) is 0 Å². The molecule has 0 radical (unpaired) electrons. The number of alkyl halides is 1. The predicted octanol–water partition coefficient (Wildman–Crippen LogP) is 4.94. The lowest BCUT2D eigenvalue weighted by atomic mass is 9.82. The number of benzene rings is 2. The number of halogens is 3. The van der Waals surface area contributed by atoms with Gasteiger partial charge in [0.15, 0.2) is 0 Å². The standard InChI is InChI=1S/C25H27F3N2O3/c1-14-7-16-11-21(31)17(12-29)10-18(16)24(30(14)13-25(2,3)28)23-19(26)8-15(9-20(23)27)5-6-22(32)33-4/h5-6,8-12,14,24,29,31H,7,13H2,1-4H3/b6-5+,29-12?. The zero-order valence-electron chi connectivity index (χ0n) is 19.0. The van der Waals surface area contributed by atoms with Gasteiger partial charge in [-0.3, -0.25) is 4.90 Å². The molecule has 8 heteroatoms. The molecule has 2 unspecified atom stereocenters. The van der Waals surface area contributed by atoms with Gasteiger partial charge in [0, 0.05) is 36.0 Å². The second-order valence-electron chi connectivity index (χ2n) is 8.86. The van der Waals surface area contributed by atoms with Crippen molar-refractivity contribution in [2.75, 3.05) is 13.7 Å². The largest absolute Gasteiger partial charge is 0.507 e. The molecule has 2 atom stereocenters. The highest BCUT2D eigenvalue weighted by atomic mass is 19.1. The van der Waals surface area contributed by atoms with E-state index in [4.69, 9.17) is 5.41 Å². The molecule has 33 heavy (non-hydrogen) atoms. The number of rotatable bonds is 6. The first-order valence-corrected chi connectivity index (χ1v) is 10.5. The van der Waals surface area contributed by atoms with Crippen molar-refractivity contribution in [1.82, 2.24) is 4.90 Å². The Morgan fingerprint density at radius 2 is 1.91 bits per heavy atom. The van der Waals surface area contributed by atoms with Gasteiger partial charge in [0.25, 0.3) is 0 Å². The zero-order chi connectivity index (χ0) is 24.5. The molecule has 0 aliphatic carbocycles. The van der Waals surface area contributed by atoms with Crippen LogP contribution in [-0.4, -0.2) is 47.6 Å². The van der Waals surface area contributed by atoms with Gasteiger partial charge in [-0.25, -0.2) is 18.0 Å². The van der Waals surface area contributed by atoms with Crippen LogP contribution in [-0.2, 0) is 16.0 Å². The number of methoxy groups -OCH3 is 1. The Labute approximate surface area is 191 Å². The summed E-state index contributed by atoms with van der Waals surface area (Å²) < 4.78 is 50.0. The molecule has 3 rings (SSSR count). The molecule has 0 saturated heterocycles. The maximum atomic E-state index is 15.4. The summed E-state index contributed by atoms with van der Waals surface area (Å²) in [4.78, 5) is 13.0. The maximum absolute atomic E-state index is 15.4. The van der Waals surface area contributed by atoms with Gasteiger partial charge in [0.05, 0.1) is 13.2 Å². The highest BCUT2D eigenvalue weighted by Gasteiger charge is 2.39. The van der Waals surface area contributed by atoms with Crippen molar-refractivity contribution in [2.45, 2.75) is 44.9 Å². The van der Waals surface area contributed by atoms with Crippen molar-refractivity contribution < 1.29 is 27.8 Å². The summed E-state index contributed by atoms with van der Waals surface area (Å²) >= 11 is 0. The fraction of sp³-hybridized carbons (Fsp3) is 0.360. The number of carbonyl (C=O) groups is 1. The third-order valence-electron chi connectivity index (χ3n) is 5.70. The van der Waals surface area contributed by atoms with Crippen molar-refractivity contribution in [3.63, 3.8) is 0 Å². The van der Waals surface area contributed by atoms with Crippen LogP contribution in [0.1, 0.15) is 54.6 Å². The molecular formula is C25H27F3N2O3. The number of ether oxygens (including phenoxy) is 1. The van der Waals surface area contributed by atoms with Crippen molar-refractivity contribution in [1.29, 1.82) is 5.41 Å². The summed E-state index contributed by atoms with van der Waals surface area (Å²) in [5.41, 5.74) is -0.385. The number of nitrogens with one attached hydrogen (secondary N) is 1. The fourth-order valence-electron chi connectivity index (χ4n) is 4.28. The molecule has 176 valence electrons. The Bertz CT molecular complexity index is 1090. The summed E-state index contributed by atoms with van der Waals surface area (Å²) in [6, 6.07) is 3.98. The number of hydrogen-bond donors (Lipinski definition) is 2. The Kier molecular flexibility index (Phi) is 6.97. The summed E-state index contributed by atoms with van der Waals surface area (Å²) in [6.45, 7) is 4.56. The maximum Gasteiger partial charge on any atom is 0.330 e. The predicted molar refractivity (Wildman–Crippen MR) is 120 cm³/mol. The Morgan fingerprint density at radius 3 is 2.45 bits per heavy atom. The molecule has 2 aromatic rings. The van der Waals surface area contributed by atoms with Crippen LogP contribution in [0, 0.1) is 17.0 Å². The molecule has 0 spiro atoms. The first-order chi connectivity index (χ1) is 15.4. The third-order valence-corrected chi connectivity index (χ3v) is 5.70. The van der Waals surface area contributed by atoms with Crippen LogP contribution in [0.4, 0.5) is 13.2 Å². The molecule has 0 amide bonds. The Hall–Kier alpha value is -3.13. The Balaban J connectivity index is 2.21. The summed E-state index contributed by atoms with van der Waals surface area (Å²) in [7, 11) is 1.19. The van der Waals surface area contributed by atoms with E-state index in [9.17, 15) is 14.3 Å². The van der Waals surface area contributed by atoms with E-state index in [1.807, 2.05) is 6.92 Å². The molecule has 1 aliphatic heterocycles. The molecule has 0 saturated carbocycles. The number of carbonyl (C=O) groups excluding carboxylic acids is 1. The number of phenols is 1. The summed E-state index contributed by atoms with van der Waals surface area (Å²) in [5.74, 6) is -2.46. The van der Waals surface area contributed by atoms with Gasteiger partial charge >= 0.3 is 5.97 Å². The second kappa shape index (κ2) is 9.39. The number of phenolic OH excluding ortho intramolecular Hbond substituents is 1. The van der Waals surface area contributed by atoms with E-state index in [0.29, 0.717) is 17.5 Å². The molecule has 0 aromatic heterocycles. The fourth-order valence-corrected chi connectivity index (χ4v) is 4.28. The lowest BCUT2D eigenvalue weighted by Gasteiger charge is -2.44. The van der Waals surface area contributed by atoms with Gasteiger partial charge in [0.2, 0.25) is 0 Å². The van der Waals surface area contributed by atoms with Crippen LogP contribution in [0.15, 0.2) is 30.3 Å². The van der Waals surface area contributed by atoms with Gasteiger partial charge < -0.3 is 15.3 Å². The van der Waals surface area contributed by atoms with E-state index in [-0.39, 0.29) is 35.0 Å².